The summed E-state index contributed by atoms with van der Waals surface area (Å²) in [5, 5.41) is 0. The summed E-state index contributed by atoms with van der Waals surface area (Å²) >= 11 is 0. The number of nitrogens with zero attached hydrogens (tertiary/aromatic N) is 2. The number of hydrogen-bond donors (Lipinski definition) is 0. The molecule has 0 radical (unpaired) electrons. The highest BCUT2D eigenvalue weighted by atomic mass is 19.1. The van der Waals surface area contributed by atoms with Gasteiger partial charge in [0.1, 0.15) is 11.4 Å². The molecule has 2 aliphatic rings. The van der Waals surface area contributed by atoms with Crippen LogP contribution >= 0.6 is 0 Å². The molecule has 7 nitrogen and oxygen atoms in total. The fourth-order valence-electron chi connectivity index (χ4n) is 4.88. The van der Waals surface area contributed by atoms with Crippen molar-refractivity contribution in [2.45, 2.75) is 70.6 Å². The molecular weight excluding hydrogens is 475 g/mol. The van der Waals surface area contributed by atoms with E-state index in [2.05, 4.69) is 0 Å². The van der Waals surface area contributed by atoms with E-state index in [0.717, 1.165) is 29.5 Å². The van der Waals surface area contributed by atoms with Crippen LogP contribution in [0.5, 0.6) is 0 Å². The van der Waals surface area contributed by atoms with Crippen LogP contribution in [0.15, 0.2) is 42.5 Å². The Hall–Kier alpha value is -3.42. The van der Waals surface area contributed by atoms with Crippen LogP contribution < -0.4 is 0 Å². The first kappa shape index (κ1) is 26.6. The van der Waals surface area contributed by atoms with E-state index in [1.54, 1.807) is 34.1 Å². The van der Waals surface area contributed by atoms with Gasteiger partial charge in [0, 0.05) is 38.0 Å². The molecule has 0 aromatic heterocycles. The summed E-state index contributed by atoms with van der Waals surface area (Å²) in [6.45, 7) is 6.96. The minimum Gasteiger partial charge on any atom is -0.465 e. The lowest BCUT2D eigenvalue weighted by atomic mass is 9.97. The SMILES string of the molecule is COC(=O)c1ccc2c(c1)CN(C(=O)CCCN(C(=O)OC(C)(C)C)C1CC1c1ccc(F)cc1)CC2. The van der Waals surface area contributed by atoms with Crippen molar-refractivity contribution < 1.29 is 28.2 Å². The summed E-state index contributed by atoms with van der Waals surface area (Å²) in [4.78, 5) is 41.5. The molecule has 1 aliphatic heterocycles. The van der Waals surface area contributed by atoms with Crippen LogP contribution in [0.2, 0.25) is 0 Å². The lowest BCUT2D eigenvalue weighted by Gasteiger charge is -2.30. The van der Waals surface area contributed by atoms with Crippen molar-refractivity contribution in [2.24, 2.45) is 0 Å². The number of halogens is 1. The van der Waals surface area contributed by atoms with Crippen molar-refractivity contribution in [2.75, 3.05) is 20.2 Å². The van der Waals surface area contributed by atoms with Gasteiger partial charge >= 0.3 is 12.1 Å². The van der Waals surface area contributed by atoms with Crippen LogP contribution in [0.25, 0.3) is 0 Å². The summed E-state index contributed by atoms with van der Waals surface area (Å²) < 4.78 is 23.8. The second-order valence-corrected chi connectivity index (χ2v) is 10.8. The molecule has 1 saturated carbocycles. The maximum Gasteiger partial charge on any atom is 0.410 e. The Morgan fingerprint density at radius 3 is 2.49 bits per heavy atom. The Balaban J connectivity index is 1.36. The van der Waals surface area contributed by atoms with Crippen molar-refractivity contribution in [3.05, 3.63) is 70.5 Å². The molecule has 0 saturated heterocycles. The summed E-state index contributed by atoms with van der Waals surface area (Å²) in [7, 11) is 1.35. The molecule has 8 heteroatoms. The summed E-state index contributed by atoms with van der Waals surface area (Å²) in [6.07, 6.45) is 1.94. The van der Waals surface area contributed by atoms with E-state index in [0.29, 0.717) is 38.0 Å². The topological polar surface area (TPSA) is 76.2 Å². The van der Waals surface area contributed by atoms with Crippen molar-refractivity contribution in [3.8, 4) is 0 Å². The van der Waals surface area contributed by atoms with Gasteiger partial charge in [-0.3, -0.25) is 4.79 Å². The molecule has 1 aliphatic carbocycles. The first-order valence-corrected chi connectivity index (χ1v) is 12.8. The molecule has 2 aromatic rings. The lowest BCUT2D eigenvalue weighted by molar-refractivity contribution is -0.132. The molecule has 1 fully saturated rings. The number of hydrogen-bond acceptors (Lipinski definition) is 5. The Morgan fingerprint density at radius 1 is 1.08 bits per heavy atom. The standard InChI is InChI=1S/C29H35FN2O5/c1-29(2,3)37-28(35)32(25-17-24(25)20-9-11-23(30)12-10-20)14-5-6-26(33)31-15-13-19-7-8-21(27(34)36-4)16-22(19)18-31/h7-12,16,24-25H,5-6,13-15,17-18H2,1-4H3. The lowest BCUT2D eigenvalue weighted by Crippen LogP contribution is -2.40. The van der Waals surface area contributed by atoms with Gasteiger partial charge in [0.15, 0.2) is 0 Å². The highest BCUT2D eigenvalue weighted by Gasteiger charge is 2.45. The molecule has 2 amide bonds. The summed E-state index contributed by atoms with van der Waals surface area (Å²) in [5.41, 5.74) is 2.93. The number of methoxy groups -OCH3 is 1. The molecule has 37 heavy (non-hydrogen) atoms. The molecular formula is C29H35FN2O5. The van der Waals surface area contributed by atoms with E-state index in [-0.39, 0.29) is 23.7 Å². The van der Waals surface area contributed by atoms with Crippen molar-refractivity contribution in [3.63, 3.8) is 0 Å². The van der Waals surface area contributed by atoms with Gasteiger partial charge in [-0.2, -0.15) is 0 Å². The number of fused-ring (bicyclic) bond motifs is 1. The van der Waals surface area contributed by atoms with Gasteiger partial charge in [-0.25, -0.2) is 14.0 Å². The van der Waals surface area contributed by atoms with Crippen LogP contribution in [-0.4, -0.2) is 59.6 Å². The fourth-order valence-corrected chi connectivity index (χ4v) is 4.88. The number of rotatable bonds is 7. The third-order valence-electron chi connectivity index (χ3n) is 6.87. The number of benzene rings is 2. The predicted octanol–water partition coefficient (Wildman–Crippen LogP) is 5.07. The Morgan fingerprint density at radius 2 is 1.81 bits per heavy atom. The molecule has 1 heterocycles. The molecule has 0 N–H and O–H groups in total. The van der Waals surface area contributed by atoms with Gasteiger partial charge in [0.05, 0.1) is 12.7 Å². The zero-order valence-corrected chi connectivity index (χ0v) is 22.0. The third kappa shape index (κ3) is 6.67. The van der Waals surface area contributed by atoms with E-state index < -0.39 is 17.7 Å². The largest absolute Gasteiger partial charge is 0.465 e. The van der Waals surface area contributed by atoms with Crippen molar-refractivity contribution in [1.29, 1.82) is 0 Å². The van der Waals surface area contributed by atoms with Crippen molar-refractivity contribution in [1.82, 2.24) is 9.80 Å². The molecule has 4 rings (SSSR count). The maximum absolute atomic E-state index is 13.3. The molecule has 2 aromatic carbocycles. The highest BCUT2D eigenvalue weighted by Crippen LogP contribution is 2.45. The van der Waals surface area contributed by atoms with E-state index in [1.165, 1.54) is 19.2 Å². The molecule has 0 bridgehead atoms. The van der Waals surface area contributed by atoms with Gasteiger partial charge in [0.2, 0.25) is 5.91 Å². The quantitative estimate of drug-likeness (QED) is 0.486. The first-order chi connectivity index (χ1) is 17.6. The second-order valence-electron chi connectivity index (χ2n) is 10.8. The monoisotopic (exact) mass is 510 g/mol. The van der Waals surface area contributed by atoms with Crippen LogP contribution in [0.1, 0.15) is 73.0 Å². The van der Waals surface area contributed by atoms with Crippen LogP contribution in [0.4, 0.5) is 9.18 Å². The van der Waals surface area contributed by atoms with Crippen LogP contribution in [0.3, 0.4) is 0 Å². The van der Waals surface area contributed by atoms with Gasteiger partial charge < -0.3 is 19.3 Å². The molecule has 198 valence electrons. The molecule has 2 atom stereocenters. The first-order valence-electron chi connectivity index (χ1n) is 12.8. The molecule has 0 spiro atoms. The zero-order valence-electron chi connectivity index (χ0n) is 22.0. The molecule has 2 unspecified atom stereocenters. The normalized spacial score (nSPS) is 18.6. The Kier molecular flexibility index (Phi) is 7.85. The minimum atomic E-state index is -0.629. The Bertz CT molecular complexity index is 1160. The van der Waals surface area contributed by atoms with Gasteiger partial charge in [-0.05, 0) is 81.0 Å². The number of amides is 2. The van der Waals surface area contributed by atoms with Gasteiger partial charge in [0.25, 0.3) is 0 Å². The number of carbonyl (C=O) groups is 3. The van der Waals surface area contributed by atoms with E-state index >= 15 is 0 Å². The number of esters is 1. The van der Waals surface area contributed by atoms with Crippen LogP contribution in [0, 0.1) is 5.82 Å². The summed E-state index contributed by atoms with van der Waals surface area (Å²) in [5.74, 6) is -0.534. The number of carbonyl (C=O) groups excluding carboxylic acids is 3. The maximum atomic E-state index is 13.3. The minimum absolute atomic E-state index is 0.0177. The van der Waals surface area contributed by atoms with Gasteiger partial charge in [-0.15, -0.1) is 0 Å². The third-order valence-corrected chi connectivity index (χ3v) is 6.87. The second kappa shape index (κ2) is 10.9. The summed E-state index contributed by atoms with van der Waals surface area (Å²) in [6, 6.07) is 11.8. The predicted molar refractivity (Wildman–Crippen MR) is 137 cm³/mol. The highest BCUT2D eigenvalue weighted by molar-refractivity contribution is 5.89. The van der Waals surface area contributed by atoms with Crippen LogP contribution in [-0.2, 0) is 27.2 Å². The number of ether oxygens (including phenoxy) is 2. The van der Waals surface area contributed by atoms with Crippen molar-refractivity contribution >= 4 is 18.0 Å². The smallest absolute Gasteiger partial charge is 0.410 e. The Labute approximate surface area is 217 Å². The zero-order chi connectivity index (χ0) is 26.7. The fraction of sp³-hybridized carbons (Fsp3) is 0.483. The van der Waals surface area contributed by atoms with Gasteiger partial charge in [-0.1, -0.05) is 18.2 Å². The average molecular weight is 511 g/mol. The van der Waals surface area contributed by atoms with E-state index in [1.807, 2.05) is 26.8 Å². The van der Waals surface area contributed by atoms with E-state index in [4.69, 9.17) is 9.47 Å². The average Bonchev–Trinajstić information content (AvgIpc) is 3.65. The van der Waals surface area contributed by atoms with E-state index in [9.17, 15) is 18.8 Å².